The predicted octanol–water partition coefficient (Wildman–Crippen LogP) is 4.04. The highest BCUT2D eigenvalue weighted by Crippen LogP contribution is 2.34. The van der Waals surface area contributed by atoms with Crippen LogP contribution in [0.5, 0.6) is 0 Å². The van der Waals surface area contributed by atoms with Crippen molar-refractivity contribution >= 4 is 17.3 Å². The zero-order valence-electron chi connectivity index (χ0n) is 5.74. The smallest absolute Gasteiger partial charge is 0.416 e. The molecule has 0 aromatic heterocycles. The maximum Gasteiger partial charge on any atom is 0.416 e. The van der Waals surface area contributed by atoms with E-state index in [0.717, 1.165) is 12.1 Å². The van der Waals surface area contributed by atoms with Crippen LogP contribution in [0.1, 0.15) is 5.56 Å². The average Bonchev–Trinajstić information content (AvgIpc) is 1.92. The van der Waals surface area contributed by atoms with Crippen LogP contribution in [-0.2, 0) is 6.18 Å². The maximum absolute atomic E-state index is 12.0. The normalized spacial score (nSPS) is 11.7. The zero-order valence-corrected chi connectivity index (χ0v) is 6.50. The summed E-state index contributed by atoms with van der Waals surface area (Å²) in [6, 6.07) is 2.61. The van der Waals surface area contributed by atoms with Gasteiger partial charge in [-0.05, 0) is 12.1 Å². The predicted molar refractivity (Wildman–Crippen MR) is 40.4 cm³/mol. The summed E-state index contributed by atoms with van der Waals surface area (Å²) in [5.74, 6) is 0. The lowest BCUT2D eigenvalue weighted by molar-refractivity contribution is -0.137. The van der Waals surface area contributed by atoms with E-state index in [1.165, 1.54) is 0 Å². The molecule has 0 unspecified atom stereocenters. The fourth-order valence-electron chi connectivity index (χ4n) is 0.702. The van der Waals surface area contributed by atoms with Gasteiger partial charge in [0, 0.05) is 5.02 Å². The second-order valence-electron chi connectivity index (χ2n) is 2.19. The molecule has 0 saturated heterocycles. The maximum atomic E-state index is 12.0. The van der Waals surface area contributed by atoms with Crippen LogP contribution in [0.4, 0.5) is 18.9 Å². The van der Waals surface area contributed by atoms with Gasteiger partial charge >= 0.3 is 6.18 Å². The molecule has 0 saturated carbocycles. The second kappa shape index (κ2) is 2.86. The number of benzene rings is 1. The Hall–Kier alpha value is -0.900. The van der Waals surface area contributed by atoms with Crippen molar-refractivity contribution in [2.24, 2.45) is 0 Å². The lowest BCUT2D eigenvalue weighted by atomic mass is 10.2. The van der Waals surface area contributed by atoms with E-state index in [2.05, 4.69) is 0 Å². The molecule has 1 rings (SSSR count). The molecule has 0 spiro atoms. The Morgan fingerprint density at radius 1 is 1.25 bits per heavy atom. The van der Waals surface area contributed by atoms with Gasteiger partial charge in [0.15, 0.2) is 0 Å². The minimum absolute atomic E-state index is 0.0167. The van der Waals surface area contributed by atoms with Gasteiger partial charge in [-0.15, -0.1) is 5.69 Å². The van der Waals surface area contributed by atoms with E-state index in [-0.39, 0.29) is 10.7 Å². The third kappa shape index (κ3) is 1.82. The SMILES string of the molecule is [NH-]c1cc(C(F)(F)F)ccc1Cl. The van der Waals surface area contributed by atoms with Gasteiger partial charge in [0.05, 0.1) is 5.56 Å². The molecule has 12 heavy (non-hydrogen) atoms. The Balaban J connectivity index is 3.14. The number of nitrogens with one attached hydrogen (secondary N) is 1. The van der Waals surface area contributed by atoms with Crippen molar-refractivity contribution in [3.05, 3.63) is 34.5 Å². The van der Waals surface area contributed by atoms with Gasteiger partial charge in [0.25, 0.3) is 0 Å². The molecule has 0 aliphatic rings. The molecule has 1 aromatic carbocycles. The molecule has 0 bridgehead atoms. The summed E-state index contributed by atoms with van der Waals surface area (Å²) in [6.45, 7) is 0. The van der Waals surface area contributed by atoms with Crippen molar-refractivity contribution in [2.45, 2.75) is 6.18 Å². The second-order valence-corrected chi connectivity index (χ2v) is 2.60. The molecule has 1 nitrogen and oxygen atoms in total. The molecular formula is C7H4ClF3N-. The van der Waals surface area contributed by atoms with Crippen LogP contribution in [0.15, 0.2) is 18.2 Å². The quantitative estimate of drug-likeness (QED) is 0.595. The molecule has 0 aliphatic heterocycles. The van der Waals surface area contributed by atoms with Gasteiger partial charge < -0.3 is 5.73 Å². The summed E-state index contributed by atoms with van der Waals surface area (Å²) < 4.78 is 35.9. The first-order valence-corrected chi connectivity index (χ1v) is 3.37. The Kier molecular flexibility index (Phi) is 2.19. The molecule has 0 radical (unpaired) electrons. The van der Waals surface area contributed by atoms with E-state index in [4.69, 9.17) is 17.3 Å². The topological polar surface area (TPSA) is 23.8 Å². The summed E-state index contributed by atoms with van der Waals surface area (Å²) in [4.78, 5) is 0. The molecule has 0 heterocycles. The standard InChI is InChI=1S/C7H4ClF3N/c8-5-2-1-4(3-6(5)12)7(9,10)11/h1-3,12H/q-1. The average molecular weight is 195 g/mol. The van der Waals surface area contributed by atoms with Crippen molar-refractivity contribution in [1.29, 1.82) is 0 Å². The van der Waals surface area contributed by atoms with Crippen molar-refractivity contribution in [1.82, 2.24) is 0 Å². The van der Waals surface area contributed by atoms with E-state index in [1.807, 2.05) is 0 Å². The third-order valence-corrected chi connectivity index (χ3v) is 1.62. The molecule has 0 amide bonds. The van der Waals surface area contributed by atoms with E-state index in [1.54, 1.807) is 0 Å². The van der Waals surface area contributed by atoms with Gasteiger partial charge in [0.2, 0.25) is 0 Å². The Bertz CT molecular complexity index is 295. The minimum Gasteiger partial charge on any atom is -0.698 e. The monoisotopic (exact) mass is 194 g/mol. The van der Waals surface area contributed by atoms with Crippen LogP contribution < -0.4 is 0 Å². The third-order valence-electron chi connectivity index (χ3n) is 1.29. The molecular weight excluding hydrogens is 191 g/mol. The summed E-state index contributed by atoms with van der Waals surface area (Å²) >= 11 is 5.38. The van der Waals surface area contributed by atoms with Crippen LogP contribution in [0, 0.1) is 0 Å². The number of hydrogen-bond acceptors (Lipinski definition) is 0. The van der Waals surface area contributed by atoms with E-state index < -0.39 is 11.7 Å². The summed E-state index contributed by atoms with van der Waals surface area (Å²) in [5, 5.41) is 0.0167. The van der Waals surface area contributed by atoms with Gasteiger partial charge in [-0.3, -0.25) is 0 Å². The molecule has 0 fully saturated rings. The highest BCUT2D eigenvalue weighted by atomic mass is 35.5. The van der Waals surface area contributed by atoms with Crippen LogP contribution in [0.2, 0.25) is 5.02 Å². The lowest BCUT2D eigenvalue weighted by Crippen LogP contribution is -2.03. The largest absolute Gasteiger partial charge is 0.698 e. The Labute approximate surface area is 71.9 Å². The van der Waals surface area contributed by atoms with E-state index in [9.17, 15) is 13.2 Å². The summed E-state index contributed by atoms with van der Waals surface area (Å²) in [7, 11) is 0. The van der Waals surface area contributed by atoms with Crippen LogP contribution in [0.25, 0.3) is 5.73 Å². The number of hydrogen-bond donors (Lipinski definition) is 0. The van der Waals surface area contributed by atoms with Crippen molar-refractivity contribution in [3.8, 4) is 0 Å². The van der Waals surface area contributed by atoms with Gasteiger partial charge in [-0.2, -0.15) is 13.2 Å². The molecule has 1 aromatic rings. The molecule has 66 valence electrons. The van der Waals surface area contributed by atoms with E-state index in [0.29, 0.717) is 6.07 Å². The summed E-state index contributed by atoms with van der Waals surface area (Å²) in [5.41, 5.74) is 5.84. The van der Waals surface area contributed by atoms with Crippen molar-refractivity contribution < 1.29 is 13.2 Å². The van der Waals surface area contributed by atoms with Gasteiger partial charge in [0.1, 0.15) is 0 Å². The minimum atomic E-state index is -4.40. The zero-order chi connectivity index (χ0) is 9.35. The van der Waals surface area contributed by atoms with Crippen molar-refractivity contribution in [3.63, 3.8) is 0 Å². The lowest BCUT2D eigenvalue weighted by Gasteiger charge is -2.11. The van der Waals surface area contributed by atoms with Crippen LogP contribution in [0.3, 0.4) is 0 Å². The first kappa shape index (κ1) is 9.19. The fourth-order valence-corrected chi connectivity index (χ4v) is 0.819. The molecule has 0 aliphatic carbocycles. The fraction of sp³-hybridized carbons (Fsp3) is 0.143. The molecule has 5 heteroatoms. The van der Waals surface area contributed by atoms with Gasteiger partial charge in [-0.1, -0.05) is 17.7 Å². The Morgan fingerprint density at radius 2 is 1.83 bits per heavy atom. The molecule has 1 N–H and O–H groups in total. The summed E-state index contributed by atoms with van der Waals surface area (Å²) in [6.07, 6.45) is -4.40. The van der Waals surface area contributed by atoms with E-state index >= 15 is 0 Å². The highest BCUT2D eigenvalue weighted by molar-refractivity contribution is 6.33. The highest BCUT2D eigenvalue weighted by Gasteiger charge is 2.29. The van der Waals surface area contributed by atoms with Gasteiger partial charge in [-0.25, -0.2) is 0 Å². The first-order chi connectivity index (χ1) is 5.41. The van der Waals surface area contributed by atoms with Crippen molar-refractivity contribution in [2.75, 3.05) is 0 Å². The number of halogens is 4. The van der Waals surface area contributed by atoms with Crippen LogP contribution >= 0.6 is 11.6 Å². The Morgan fingerprint density at radius 3 is 2.25 bits per heavy atom. The number of alkyl halides is 3. The van der Waals surface area contributed by atoms with Crippen LogP contribution in [-0.4, -0.2) is 0 Å². The first-order valence-electron chi connectivity index (χ1n) is 2.99. The molecule has 0 atom stereocenters. The number of rotatable bonds is 0.